The zero-order valence-electron chi connectivity index (χ0n) is 17.8. The molecule has 29 heavy (non-hydrogen) atoms. The van der Waals surface area contributed by atoms with Gasteiger partial charge in [-0.3, -0.25) is 19.2 Å². The van der Waals surface area contributed by atoms with Crippen LogP contribution in [0, 0.1) is 0 Å². The summed E-state index contributed by atoms with van der Waals surface area (Å²) in [4.78, 5) is 49.0. The van der Waals surface area contributed by atoms with E-state index in [1.54, 1.807) is 0 Å². The number of hydrogen-bond donors (Lipinski definition) is 1. The number of nitrogens with one attached hydrogen (secondary N) is 1. The van der Waals surface area contributed by atoms with Crippen LogP contribution in [0.25, 0.3) is 0 Å². The number of amides is 2. The average Bonchev–Trinajstić information content (AvgIpc) is 2.73. The Morgan fingerprint density at radius 2 is 1.48 bits per heavy atom. The van der Waals surface area contributed by atoms with Crippen molar-refractivity contribution in [3.8, 4) is 0 Å². The molecule has 0 saturated carbocycles. The summed E-state index contributed by atoms with van der Waals surface area (Å²) in [6.45, 7) is 3.78. The van der Waals surface area contributed by atoms with Gasteiger partial charge in [-0.2, -0.15) is 5.06 Å². The fourth-order valence-corrected chi connectivity index (χ4v) is 3.11. The third-order valence-electron chi connectivity index (χ3n) is 4.77. The molecule has 0 heterocycles. The molecule has 0 aromatic rings. The van der Waals surface area contributed by atoms with Crippen molar-refractivity contribution in [2.24, 2.45) is 0 Å². The zero-order valence-corrected chi connectivity index (χ0v) is 17.8. The minimum Gasteiger partial charge on any atom is -0.468 e. The molecule has 1 N–H and O–H groups in total. The van der Waals surface area contributed by atoms with Gasteiger partial charge in [0.15, 0.2) is 0 Å². The van der Waals surface area contributed by atoms with Gasteiger partial charge in [0.25, 0.3) is 6.47 Å². The van der Waals surface area contributed by atoms with E-state index in [-0.39, 0.29) is 12.4 Å². The Kier molecular flexibility index (Phi) is 19.1. The normalized spacial score (nSPS) is 11.3. The molecule has 0 rings (SSSR count). The summed E-state index contributed by atoms with van der Waals surface area (Å²) >= 11 is 0. The lowest BCUT2D eigenvalue weighted by atomic mass is 10.0. The van der Waals surface area contributed by atoms with Gasteiger partial charge in [-0.25, -0.2) is 0 Å². The van der Waals surface area contributed by atoms with Crippen LogP contribution < -0.4 is 5.32 Å². The van der Waals surface area contributed by atoms with Gasteiger partial charge in [-0.1, -0.05) is 71.1 Å². The smallest absolute Gasteiger partial charge is 0.320 e. The summed E-state index contributed by atoms with van der Waals surface area (Å²) in [5.74, 6) is -0.293. The van der Waals surface area contributed by atoms with Crippen molar-refractivity contribution in [2.45, 2.75) is 96.4 Å². The topological polar surface area (TPSA) is 102 Å². The number of carbonyl (C=O) groups excluding carboxylic acids is 4. The lowest BCUT2D eigenvalue weighted by molar-refractivity contribution is -0.189. The molecule has 8 heteroatoms. The second-order valence-electron chi connectivity index (χ2n) is 7.12. The predicted molar refractivity (Wildman–Crippen MR) is 110 cm³/mol. The zero-order chi connectivity index (χ0) is 21.6. The van der Waals surface area contributed by atoms with Crippen LogP contribution in [0.15, 0.2) is 0 Å². The minimum absolute atomic E-state index is 0.163. The lowest BCUT2D eigenvalue weighted by Gasteiger charge is -2.24. The van der Waals surface area contributed by atoms with Crippen molar-refractivity contribution in [1.29, 1.82) is 0 Å². The van der Waals surface area contributed by atoms with E-state index < -0.39 is 6.04 Å². The van der Waals surface area contributed by atoms with Gasteiger partial charge in [0.1, 0.15) is 6.04 Å². The predicted octanol–water partition coefficient (Wildman–Crippen LogP) is 3.28. The molecule has 168 valence electrons. The molecule has 0 aliphatic heterocycles. The Morgan fingerprint density at radius 3 is 2.10 bits per heavy atom. The Hall–Kier alpha value is -2.12. The van der Waals surface area contributed by atoms with Gasteiger partial charge in [-0.05, 0) is 19.3 Å². The summed E-state index contributed by atoms with van der Waals surface area (Å²) in [7, 11) is 0. The molecular formula is C21H38N2O6. The van der Waals surface area contributed by atoms with E-state index in [1.165, 1.54) is 19.3 Å². The third-order valence-corrected chi connectivity index (χ3v) is 4.77. The summed E-state index contributed by atoms with van der Waals surface area (Å²) in [5, 5.41) is 3.64. The van der Waals surface area contributed by atoms with Crippen LogP contribution in [-0.4, -0.2) is 49.5 Å². The van der Waals surface area contributed by atoms with Crippen molar-refractivity contribution in [3.05, 3.63) is 0 Å². The first-order valence-corrected chi connectivity index (χ1v) is 10.9. The largest absolute Gasteiger partial charge is 0.468 e. The van der Waals surface area contributed by atoms with E-state index >= 15 is 0 Å². The highest BCUT2D eigenvalue weighted by molar-refractivity contribution is 5.83. The number of unbranched alkanes of at least 4 members (excludes halogenated alkanes) is 10. The molecule has 0 aromatic heterocycles. The Morgan fingerprint density at radius 1 is 0.862 bits per heavy atom. The first kappa shape index (κ1) is 26.9. The minimum atomic E-state index is -0.790. The molecule has 0 bridgehead atoms. The third kappa shape index (κ3) is 15.5. The lowest BCUT2D eigenvalue weighted by Crippen LogP contribution is -2.46. The molecule has 0 aliphatic carbocycles. The molecular weight excluding hydrogens is 376 g/mol. The van der Waals surface area contributed by atoms with Crippen LogP contribution in [0.1, 0.15) is 90.4 Å². The molecule has 0 saturated heterocycles. The number of nitrogens with zero attached hydrogens (tertiary/aromatic N) is 1. The van der Waals surface area contributed by atoms with E-state index in [4.69, 9.17) is 0 Å². The number of ether oxygens (including phenoxy) is 1. The molecule has 0 aromatic carbocycles. The maximum Gasteiger partial charge on any atom is 0.320 e. The standard InChI is InChI=1S/C21H38N2O6/c1-2-3-4-5-8-11-14-20(23(17-24)29-19-26)21(27)22-15-12-9-6-7-10-13-16-28-18-25/h17-20H,2-16H2,1H3,(H,22,27). The average molecular weight is 415 g/mol. The van der Waals surface area contributed by atoms with Crippen molar-refractivity contribution >= 4 is 25.3 Å². The van der Waals surface area contributed by atoms with Gasteiger partial charge in [-0.15, -0.1) is 0 Å². The highest BCUT2D eigenvalue weighted by Crippen LogP contribution is 2.12. The van der Waals surface area contributed by atoms with Gasteiger partial charge in [0, 0.05) is 6.54 Å². The van der Waals surface area contributed by atoms with Crippen LogP contribution >= 0.6 is 0 Å². The maximum absolute atomic E-state index is 12.5. The molecule has 8 nitrogen and oxygen atoms in total. The molecule has 2 amide bonds. The molecule has 0 spiro atoms. The SMILES string of the molecule is CCCCCCCCC(C(=O)NCCCCCCCCOC=O)N(C=O)OC=O. The summed E-state index contributed by atoms with van der Waals surface area (Å²) in [6, 6.07) is -0.790. The summed E-state index contributed by atoms with van der Waals surface area (Å²) < 4.78 is 4.64. The van der Waals surface area contributed by atoms with E-state index in [9.17, 15) is 19.2 Å². The number of hydrogen-bond acceptors (Lipinski definition) is 6. The molecule has 1 unspecified atom stereocenters. The Balaban J connectivity index is 4.10. The second kappa shape index (κ2) is 20.6. The number of hydroxylamine groups is 2. The number of rotatable bonds is 22. The highest BCUT2D eigenvalue weighted by atomic mass is 16.7. The number of carbonyl (C=O) groups is 4. The first-order chi connectivity index (χ1) is 14.2. The fourth-order valence-electron chi connectivity index (χ4n) is 3.11. The molecule has 0 aliphatic rings. The maximum atomic E-state index is 12.5. The van der Waals surface area contributed by atoms with Crippen LogP contribution in [-0.2, 0) is 28.8 Å². The Labute approximate surface area is 174 Å². The quantitative estimate of drug-likeness (QED) is 0.166. The van der Waals surface area contributed by atoms with Crippen molar-refractivity contribution in [2.75, 3.05) is 13.2 Å². The first-order valence-electron chi connectivity index (χ1n) is 10.9. The summed E-state index contributed by atoms with van der Waals surface area (Å²) in [6.07, 6.45) is 13.1. The summed E-state index contributed by atoms with van der Waals surface area (Å²) in [5.41, 5.74) is 0. The van der Waals surface area contributed by atoms with Gasteiger partial charge in [0.2, 0.25) is 12.3 Å². The van der Waals surface area contributed by atoms with E-state index in [0.717, 1.165) is 62.9 Å². The van der Waals surface area contributed by atoms with Crippen LogP contribution in [0.5, 0.6) is 0 Å². The fraction of sp³-hybridized carbons (Fsp3) is 0.810. The molecule has 1 atom stereocenters. The van der Waals surface area contributed by atoms with E-state index in [0.29, 0.717) is 32.5 Å². The second-order valence-corrected chi connectivity index (χ2v) is 7.12. The van der Waals surface area contributed by atoms with Crippen molar-refractivity contribution in [3.63, 3.8) is 0 Å². The van der Waals surface area contributed by atoms with Crippen LogP contribution in [0.3, 0.4) is 0 Å². The van der Waals surface area contributed by atoms with Crippen molar-refractivity contribution in [1.82, 2.24) is 10.4 Å². The van der Waals surface area contributed by atoms with Gasteiger partial charge >= 0.3 is 6.47 Å². The monoisotopic (exact) mass is 414 g/mol. The van der Waals surface area contributed by atoms with Crippen LogP contribution in [0.4, 0.5) is 0 Å². The van der Waals surface area contributed by atoms with Crippen LogP contribution in [0.2, 0.25) is 0 Å². The van der Waals surface area contributed by atoms with Crippen molar-refractivity contribution < 1.29 is 28.8 Å². The Bertz CT molecular complexity index is 433. The van der Waals surface area contributed by atoms with Gasteiger partial charge in [0.05, 0.1) is 6.61 Å². The van der Waals surface area contributed by atoms with E-state index in [2.05, 4.69) is 21.8 Å². The van der Waals surface area contributed by atoms with E-state index in [1.807, 2.05) is 0 Å². The molecule has 0 fully saturated rings. The van der Waals surface area contributed by atoms with Gasteiger partial charge < -0.3 is 14.9 Å². The highest BCUT2D eigenvalue weighted by Gasteiger charge is 2.26. The molecule has 0 radical (unpaired) electrons.